The number of fused-ring (bicyclic) bond motifs is 2. The number of hydrogen-bond donors (Lipinski definition) is 0. The smallest absolute Gasteiger partial charge is 0.365 e. The van der Waals surface area contributed by atoms with Gasteiger partial charge < -0.3 is 9.25 Å². The summed E-state index contributed by atoms with van der Waals surface area (Å²) in [5.41, 5.74) is 1.83. The van der Waals surface area contributed by atoms with Gasteiger partial charge in [0.1, 0.15) is 16.5 Å². The molecule has 4 aromatic rings. The highest BCUT2D eigenvalue weighted by molar-refractivity contribution is 5.90. The fraction of sp³-hybridized carbons (Fsp3) is 0. The highest BCUT2D eigenvalue weighted by Gasteiger charge is 2.08. The molecule has 0 spiro atoms. The second kappa shape index (κ2) is 6.01. The minimum absolute atomic E-state index is 0.454. The van der Waals surface area contributed by atoms with Gasteiger partial charge in [0, 0.05) is 10.8 Å². The summed E-state index contributed by atoms with van der Waals surface area (Å²) in [6.45, 7) is 0. The standard InChI is InChI=1S/C20H13NO3/c22-20(14-8-2-1-3-9-14)24-21-19-15-10-4-6-12-17(15)23-18-13-7-5-11-16(18)19/h1-13H. The third kappa shape index (κ3) is 2.54. The van der Waals surface area contributed by atoms with Gasteiger partial charge in [-0.1, -0.05) is 47.6 Å². The Kier molecular flexibility index (Phi) is 3.56. The Morgan fingerprint density at radius 3 is 1.92 bits per heavy atom. The molecule has 0 amide bonds. The van der Waals surface area contributed by atoms with E-state index in [4.69, 9.17) is 9.25 Å². The van der Waals surface area contributed by atoms with Crippen molar-refractivity contribution in [1.82, 2.24) is 0 Å². The first-order valence-electron chi connectivity index (χ1n) is 7.54. The number of nitrogens with zero attached hydrogens (tertiary/aromatic N) is 1. The largest absolute Gasteiger partial charge is 0.456 e. The summed E-state index contributed by atoms with van der Waals surface area (Å²) < 4.78 is 5.88. The van der Waals surface area contributed by atoms with Gasteiger partial charge in [0.25, 0.3) is 0 Å². The molecule has 4 heteroatoms. The Morgan fingerprint density at radius 1 is 0.750 bits per heavy atom. The van der Waals surface area contributed by atoms with Crippen LogP contribution in [-0.2, 0) is 4.84 Å². The van der Waals surface area contributed by atoms with E-state index in [0.717, 1.165) is 10.8 Å². The highest BCUT2D eigenvalue weighted by atomic mass is 16.7. The van der Waals surface area contributed by atoms with Gasteiger partial charge in [-0.3, -0.25) is 0 Å². The van der Waals surface area contributed by atoms with Crippen LogP contribution in [0.5, 0.6) is 0 Å². The third-order valence-corrected chi connectivity index (χ3v) is 3.73. The van der Waals surface area contributed by atoms with Crippen LogP contribution < -0.4 is 5.36 Å². The molecule has 0 bridgehead atoms. The molecule has 1 aromatic heterocycles. The van der Waals surface area contributed by atoms with Crippen LogP contribution in [-0.4, -0.2) is 5.97 Å². The van der Waals surface area contributed by atoms with Gasteiger partial charge in [-0.05, 0) is 36.4 Å². The SMILES string of the molecule is O=C(ON=c1c2ccccc2oc2ccccc12)c1ccccc1. The van der Waals surface area contributed by atoms with Crippen LogP contribution in [0.4, 0.5) is 0 Å². The average Bonchev–Trinajstić information content (AvgIpc) is 2.65. The lowest BCUT2D eigenvalue weighted by molar-refractivity contribution is 0.0499. The van der Waals surface area contributed by atoms with Crippen LogP contribution in [0.15, 0.2) is 88.4 Å². The number of benzene rings is 3. The van der Waals surface area contributed by atoms with Gasteiger partial charge >= 0.3 is 5.97 Å². The molecule has 4 nitrogen and oxygen atoms in total. The Balaban J connectivity index is 1.89. The molecule has 1 heterocycles. The normalized spacial score (nSPS) is 10.7. The van der Waals surface area contributed by atoms with E-state index in [1.54, 1.807) is 24.3 Å². The average molecular weight is 315 g/mol. The number of rotatable bonds is 2. The Labute approximate surface area is 137 Å². The fourth-order valence-electron chi connectivity index (χ4n) is 2.58. The first kappa shape index (κ1) is 14.2. The van der Waals surface area contributed by atoms with E-state index < -0.39 is 5.97 Å². The van der Waals surface area contributed by atoms with Crippen molar-refractivity contribution in [2.75, 3.05) is 0 Å². The highest BCUT2D eigenvalue weighted by Crippen LogP contribution is 2.18. The van der Waals surface area contributed by atoms with Crippen molar-refractivity contribution in [3.8, 4) is 0 Å². The molecule has 24 heavy (non-hydrogen) atoms. The van der Waals surface area contributed by atoms with Crippen LogP contribution in [0.25, 0.3) is 21.9 Å². The predicted octanol–water partition coefficient (Wildman–Crippen LogP) is 4.26. The molecule has 4 rings (SSSR count). The molecule has 0 aliphatic heterocycles. The molecule has 116 valence electrons. The molecule has 0 aliphatic carbocycles. The summed E-state index contributed by atoms with van der Waals surface area (Å²) in [5.74, 6) is -0.496. The van der Waals surface area contributed by atoms with E-state index in [1.165, 1.54) is 0 Å². The first-order valence-corrected chi connectivity index (χ1v) is 7.54. The second-order valence-corrected chi connectivity index (χ2v) is 5.28. The van der Waals surface area contributed by atoms with Crippen LogP contribution in [0.1, 0.15) is 10.4 Å². The Bertz CT molecular complexity index is 1040. The molecule has 0 radical (unpaired) electrons. The molecule has 0 fully saturated rings. The zero-order valence-corrected chi connectivity index (χ0v) is 12.7. The molecule has 0 unspecified atom stereocenters. The van der Waals surface area contributed by atoms with Gasteiger partial charge in [0.2, 0.25) is 0 Å². The third-order valence-electron chi connectivity index (χ3n) is 3.73. The van der Waals surface area contributed by atoms with Crippen molar-refractivity contribution >= 4 is 27.9 Å². The van der Waals surface area contributed by atoms with Gasteiger partial charge in [0.05, 0.1) is 5.56 Å². The van der Waals surface area contributed by atoms with Crippen molar-refractivity contribution in [2.24, 2.45) is 5.16 Å². The van der Waals surface area contributed by atoms with Crippen LogP contribution in [0, 0.1) is 0 Å². The molecule has 0 aliphatic rings. The summed E-state index contributed by atoms with van der Waals surface area (Å²) in [6.07, 6.45) is 0. The summed E-state index contributed by atoms with van der Waals surface area (Å²) in [5, 5.41) is 6.29. The summed E-state index contributed by atoms with van der Waals surface area (Å²) in [6, 6.07) is 23.8. The summed E-state index contributed by atoms with van der Waals surface area (Å²) in [7, 11) is 0. The molecule has 0 N–H and O–H groups in total. The quantitative estimate of drug-likeness (QED) is 0.315. The van der Waals surface area contributed by atoms with Crippen LogP contribution >= 0.6 is 0 Å². The maximum Gasteiger partial charge on any atom is 0.365 e. The predicted molar refractivity (Wildman–Crippen MR) is 91.1 cm³/mol. The molecular weight excluding hydrogens is 302 g/mol. The number of para-hydroxylation sites is 2. The van der Waals surface area contributed by atoms with Gasteiger partial charge in [-0.2, -0.15) is 0 Å². The minimum Gasteiger partial charge on any atom is -0.456 e. The second-order valence-electron chi connectivity index (χ2n) is 5.28. The lowest BCUT2D eigenvalue weighted by Crippen LogP contribution is -2.09. The Hall–Kier alpha value is -3.40. The lowest BCUT2D eigenvalue weighted by Gasteiger charge is -2.03. The van der Waals surface area contributed by atoms with Crippen molar-refractivity contribution in [2.45, 2.75) is 0 Å². The zero-order valence-electron chi connectivity index (χ0n) is 12.7. The molecule has 0 atom stereocenters. The van der Waals surface area contributed by atoms with E-state index >= 15 is 0 Å². The van der Waals surface area contributed by atoms with Crippen molar-refractivity contribution in [3.63, 3.8) is 0 Å². The van der Waals surface area contributed by atoms with E-state index in [-0.39, 0.29) is 0 Å². The monoisotopic (exact) mass is 315 g/mol. The van der Waals surface area contributed by atoms with E-state index in [2.05, 4.69) is 5.16 Å². The Morgan fingerprint density at radius 2 is 1.29 bits per heavy atom. The lowest BCUT2D eigenvalue weighted by atomic mass is 10.1. The summed E-state index contributed by atoms with van der Waals surface area (Å²) >= 11 is 0. The number of carbonyl (C=O) groups excluding carboxylic acids is 1. The van der Waals surface area contributed by atoms with Crippen LogP contribution in [0.2, 0.25) is 0 Å². The maximum absolute atomic E-state index is 12.2. The van der Waals surface area contributed by atoms with Gasteiger partial charge in [-0.15, -0.1) is 0 Å². The van der Waals surface area contributed by atoms with Crippen LogP contribution in [0.3, 0.4) is 0 Å². The fourth-order valence-corrected chi connectivity index (χ4v) is 2.58. The zero-order chi connectivity index (χ0) is 16.4. The van der Waals surface area contributed by atoms with E-state index in [9.17, 15) is 4.79 Å². The maximum atomic E-state index is 12.2. The summed E-state index contributed by atoms with van der Waals surface area (Å²) in [4.78, 5) is 17.3. The molecule has 0 saturated carbocycles. The molecule has 3 aromatic carbocycles. The molecular formula is C20H13NO3. The van der Waals surface area contributed by atoms with Gasteiger partial charge in [-0.25, -0.2) is 4.79 Å². The van der Waals surface area contributed by atoms with Gasteiger partial charge in [0.15, 0.2) is 0 Å². The molecule has 0 saturated heterocycles. The van der Waals surface area contributed by atoms with Crippen molar-refractivity contribution in [1.29, 1.82) is 0 Å². The topological polar surface area (TPSA) is 51.8 Å². The van der Waals surface area contributed by atoms with Crippen molar-refractivity contribution in [3.05, 3.63) is 89.8 Å². The minimum atomic E-state index is -0.496. The van der Waals surface area contributed by atoms with E-state index in [0.29, 0.717) is 22.1 Å². The van der Waals surface area contributed by atoms with Crippen molar-refractivity contribution < 1.29 is 14.0 Å². The van der Waals surface area contributed by atoms with E-state index in [1.807, 2.05) is 54.6 Å². The number of carbonyl (C=O) groups is 1. The first-order chi connectivity index (χ1) is 11.8. The number of hydrogen-bond acceptors (Lipinski definition) is 4.